The van der Waals surface area contributed by atoms with E-state index in [1.807, 2.05) is 25.6 Å². The molecule has 17 heteroatoms. The van der Waals surface area contributed by atoms with Crippen molar-refractivity contribution in [1.82, 2.24) is 26.6 Å². The second kappa shape index (κ2) is 26.4. The summed E-state index contributed by atoms with van der Waals surface area (Å²) in [5.74, 6) is -0.691. The number of fused-ring (bicyclic) bond motifs is 1. The summed E-state index contributed by atoms with van der Waals surface area (Å²) in [5.41, 5.74) is 0.254. The molecule has 2 aliphatic heterocycles. The minimum Gasteiger partial charge on any atom is -0.512 e. The van der Waals surface area contributed by atoms with Gasteiger partial charge in [-0.05, 0) is 50.4 Å². The molecule has 2 heterocycles. The first kappa shape index (κ1) is 47.7. The average Bonchev–Trinajstić information content (AvgIpc) is 3.73. The van der Waals surface area contributed by atoms with Crippen molar-refractivity contribution in [1.29, 1.82) is 0 Å². The first-order valence-electron chi connectivity index (χ1n) is 20.3. The number of nitrogens with one attached hydrogen (secondary N) is 5. The van der Waals surface area contributed by atoms with Gasteiger partial charge < -0.3 is 50.6 Å². The number of ketones is 1. The van der Waals surface area contributed by atoms with Crippen LogP contribution in [-0.2, 0) is 42.9 Å². The molecule has 1 saturated carbocycles. The molecule has 322 valence electrons. The van der Waals surface area contributed by atoms with Gasteiger partial charge >= 0.3 is 12.0 Å². The quantitative estimate of drug-likeness (QED) is 0.0160. The number of urea groups is 1. The van der Waals surface area contributed by atoms with Crippen molar-refractivity contribution in [3.05, 3.63) is 24.0 Å². The fourth-order valence-corrected chi connectivity index (χ4v) is 8.30. The van der Waals surface area contributed by atoms with Crippen LogP contribution in [0.3, 0.4) is 0 Å². The highest BCUT2D eigenvalue weighted by Gasteiger charge is 2.42. The summed E-state index contributed by atoms with van der Waals surface area (Å²) < 4.78 is 21.6. The standard InChI is InChI=1S/C40H65N5O11S/c1-4-19-56-36(50)14-13-35(49)43-29(11-12-31(46)28-15-16-40(2,3)26-32(28)47)38(51)42-18-8-21-54-23-25-55-24-22-53-20-7-17-41-34(48)10-6-5-9-33-37-30(27-57-33)44-39(52)45-37/h4,29-30,33,37,46H,1,5-27H2,2-3H3,(H,41,48)(H,42,51)(H,43,49)(H2,44,45,52)/b31-28+/t29-,30-,33-,37-/m0/s1. The van der Waals surface area contributed by atoms with Gasteiger partial charge in [0.25, 0.3) is 0 Å². The van der Waals surface area contributed by atoms with Gasteiger partial charge in [0.2, 0.25) is 17.7 Å². The molecule has 16 nitrogen and oxygen atoms in total. The first-order chi connectivity index (χ1) is 27.4. The number of allylic oxidation sites excluding steroid dienone is 2. The maximum absolute atomic E-state index is 13.1. The lowest BCUT2D eigenvalue weighted by Crippen LogP contribution is -2.47. The summed E-state index contributed by atoms with van der Waals surface area (Å²) in [6.07, 6.45) is 7.26. The summed E-state index contributed by atoms with van der Waals surface area (Å²) in [6.45, 7) is 10.9. The van der Waals surface area contributed by atoms with Crippen molar-refractivity contribution >= 4 is 47.3 Å². The summed E-state index contributed by atoms with van der Waals surface area (Å²) in [7, 11) is 0. The average molecular weight is 824 g/mol. The molecule has 3 rings (SSSR count). The Hall–Kier alpha value is -3.67. The third-order valence-electron chi connectivity index (χ3n) is 9.99. The number of carbonyl (C=O) groups is 6. The van der Waals surface area contributed by atoms with Crippen LogP contribution in [0.25, 0.3) is 0 Å². The summed E-state index contributed by atoms with van der Waals surface area (Å²) in [4.78, 5) is 73.7. The molecule has 6 N–H and O–H groups in total. The molecule has 4 atom stereocenters. The molecule has 0 unspecified atom stereocenters. The number of carbonyl (C=O) groups excluding carboxylic acids is 6. The van der Waals surface area contributed by atoms with E-state index in [4.69, 9.17) is 18.9 Å². The molecule has 0 aromatic heterocycles. The van der Waals surface area contributed by atoms with Gasteiger partial charge in [0.1, 0.15) is 12.6 Å². The number of esters is 1. The Balaban J connectivity index is 1.18. The van der Waals surface area contributed by atoms with E-state index in [-0.39, 0.29) is 79.8 Å². The van der Waals surface area contributed by atoms with Crippen LogP contribution >= 0.6 is 11.8 Å². The molecule has 3 aliphatic rings. The molecule has 2 saturated heterocycles. The van der Waals surface area contributed by atoms with Crippen LogP contribution in [-0.4, -0.2) is 129 Å². The number of amides is 5. The minimum absolute atomic E-state index is 0.0398. The SMILES string of the molecule is C=CCOC(=O)CCC(=O)N[C@@H](CC/C(O)=C1/CCC(C)(C)CC1=O)C(=O)NCCCOCCOCCOCCCNC(=O)CCCC[C@@H]1SC[C@@H]2NC(=O)N[C@@H]21. The number of hydrogen-bond acceptors (Lipinski definition) is 12. The van der Waals surface area contributed by atoms with Gasteiger partial charge in [-0.3, -0.25) is 24.0 Å². The van der Waals surface area contributed by atoms with E-state index in [2.05, 4.69) is 33.2 Å². The van der Waals surface area contributed by atoms with Crippen molar-refractivity contribution in [3.8, 4) is 0 Å². The summed E-state index contributed by atoms with van der Waals surface area (Å²) in [6, 6.07) is -0.632. The van der Waals surface area contributed by atoms with Crippen molar-refractivity contribution in [2.75, 3.05) is 65.1 Å². The first-order valence-corrected chi connectivity index (χ1v) is 21.4. The van der Waals surface area contributed by atoms with Crippen LogP contribution < -0.4 is 26.6 Å². The lowest BCUT2D eigenvalue weighted by Gasteiger charge is -2.30. The molecule has 0 bridgehead atoms. The zero-order valence-corrected chi connectivity index (χ0v) is 34.6. The molecule has 0 aromatic rings. The van der Waals surface area contributed by atoms with E-state index in [1.54, 1.807) is 0 Å². The van der Waals surface area contributed by atoms with E-state index >= 15 is 0 Å². The lowest BCUT2D eigenvalue weighted by atomic mass is 9.74. The summed E-state index contributed by atoms with van der Waals surface area (Å²) >= 11 is 1.89. The number of thioether (sulfide) groups is 1. The van der Waals surface area contributed by atoms with Crippen molar-refractivity contribution in [3.63, 3.8) is 0 Å². The molecular formula is C40H65N5O11S. The topological polar surface area (TPSA) is 220 Å². The number of aliphatic hydroxyl groups excluding tert-OH is 1. The number of ether oxygens (including phenoxy) is 4. The number of aliphatic hydroxyl groups is 1. The summed E-state index contributed by atoms with van der Waals surface area (Å²) in [5, 5.41) is 25.5. The van der Waals surface area contributed by atoms with Gasteiger partial charge in [0.15, 0.2) is 5.78 Å². The minimum atomic E-state index is -0.984. The van der Waals surface area contributed by atoms with E-state index in [0.29, 0.717) is 89.1 Å². The van der Waals surface area contributed by atoms with Crippen LogP contribution in [0.5, 0.6) is 0 Å². The van der Waals surface area contributed by atoms with E-state index < -0.39 is 23.8 Å². The van der Waals surface area contributed by atoms with Crippen LogP contribution in [0.15, 0.2) is 24.0 Å². The Kier molecular flexibility index (Phi) is 22.1. The Labute approximate surface area is 341 Å². The number of hydrogen-bond donors (Lipinski definition) is 6. The van der Waals surface area contributed by atoms with E-state index in [1.165, 1.54) is 6.08 Å². The molecule has 57 heavy (non-hydrogen) atoms. The zero-order valence-electron chi connectivity index (χ0n) is 33.8. The molecule has 5 amide bonds. The monoisotopic (exact) mass is 823 g/mol. The second-order valence-electron chi connectivity index (χ2n) is 15.4. The third-order valence-corrected chi connectivity index (χ3v) is 11.5. The Bertz CT molecular complexity index is 1380. The number of Topliss-reactive ketones (excluding diaryl/α,β-unsaturated/α-hetero) is 1. The van der Waals surface area contributed by atoms with Gasteiger partial charge in [-0.1, -0.05) is 32.9 Å². The smallest absolute Gasteiger partial charge is 0.315 e. The number of rotatable bonds is 29. The highest BCUT2D eigenvalue weighted by molar-refractivity contribution is 8.00. The van der Waals surface area contributed by atoms with Crippen LogP contribution in [0.1, 0.15) is 97.3 Å². The van der Waals surface area contributed by atoms with Gasteiger partial charge in [0.05, 0.1) is 50.7 Å². The molecular weight excluding hydrogens is 759 g/mol. The zero-order chi connectivity index (χ0) is 41.5. The third kappa shape index (κ3) is 19.1. The van der Waals surface area contributed by atoms with Gasteiger partial charge in [-0.2, -0.15) is 11.8 Å². The predicted octanol–water partition coefficient (Wildman–Crippen LogP) is 3.14. The van der Waals surface area contributed by atoms with Crippen LogP contribution in [0.2, 0.25) is 0 Å². The highest BCUT2D eigenvalue weighted by Crippen LogP contribution is 2.37. The van der Waals surface area contributed by atoms with Gasteiger partial charge in [-0.25, -0.2) is 4.79 Å². The van der Waals surface area contributed by atoms with Gasteiger partial charge in [0, 0.05) is 68.6 Å². The van der Waals surface area contributed by atoms with E-state index in [0.717, 1.165) is 31.4 Å². The Morgan fingerprint density at radius 3 is 2.26 bits per heavy atom. The molecule has 0 radical (unpaired) electrons. The van der Waals surface area contributed by atoms with Crippen LogP contribution in [0, 0.1) is 5.41 Å². The number of unbranched alkanes of at least 4 members (excludes halogenated alkanes) is 1. The maximum Gasteiger partial charge on any atom is 0.315 e. The molecule has 1 aliphatic carbocycles. The molecule has 0 aromatic carbocycles. The Morgan fingerprint density at radius 2 is 1.58 bits per heavy atom. The Morgan fingerprint density at radius 1 is 0.895 bits per heavy atom. The fourth-order valence-electron chi connectivity index (χ4n) is 6.76. The van der Waals surface area contributed by atoms with Crippen molar-refractivity contribution in [2.24, 2.45) is 5.41 Å². The van der Waals surface area contributed by atoms with Crippen molar-refractivity contribution in [2.45, 2.75) is 121 Å². The maximum atomic E-state index is 13.1. The highest BCUT2D eigenvalue weighted by atomic mass is 32.2. The predicted molar refractivity (Wildman–Crippen MR) is 216 cm³/mol. The fraction of sp³-hybridized carbons (Fsp3) is 0.750. The second-order valence-corrected chi connectivity index (χ2v) is 16.6. The molecule has 0 spiro atoms. The van der Waals surface area contributed by atoms with Crippen molar-refractivity contribution < 1.29 is 52.8 Å². The largest absolute Gasteiger partial charge is 0.512 e. The molecule has 3 fully saturated rings. The lowest BCUT2D eigenvalue weighted by molar-refractivity contribution is -0.143. The van der Waals surface area contributed by atoms with E-state index in [9.17, 15) is 33.9 Å². The normalized spacial score (nSPS) is 21.1. The van der Waals surface area contributed by atoms with Gasteiger partial charge in [-0.15, -0.1) is 0 Å². The van der Waals surface area contributed by atoms with Crippen LogP contribution in [0.4, 0.5) is 4.79 Å².